The number of allylic oxidation sites excluding steroid dienone is 1. The van der Waals surface area contributed by atoms with Gasteiger partial charge in [-0.05, 0) is 51.3 Å². The predicted molar refractivity (Wildman–Crippen MR) is 127 cm³/mol. The Hall–Kier alpha value is -2.59. The van der Waals surface area contributed by atoms with Crippen LogP contribution in [0, 0.1) is 16.7 Å². The van der Waals surface area contributed by atoms with Crippen LogP contribution in [-0.2, 0) is 23.8 Å². The number of fused-ring (bicyclic) bond motifs is 4. The molecule has 5 aliphatic rings. The van der Waals surface area contributed by atoms with E-state index in [2.05, 4.69) is 0 Å². The first-order valence-corrected chi connectivity index (χ1v) is 12.8. The van der Waals surface area contributed by atoms with Crippen molar-refractivity contribution in [2.45, 2.75) is 82.1 Å². The van der Waals surface area contributed by atoms with Gasteiger partial charge in [0.05, 0.1) is 35.0 Å². The Morgan fingerprint density at radius 1 is 1.14 bits per heavy atom. The van der Waals surface area contributed by atoms with Gasteiger partial charge in [0, 0.05) is 13.3 Å². The summed E-state index contributed by atoms with van der Waals surface area (Å²) in [6.07, 6.45) is -3.02. The van der Waals surface area contributed by atoms with Gasteiger partial charge in [-0.15, -0.1) is 0 Å². The van der Waals surface area contributed by atoms with Crippen LogP contribution in [0.5, 0.6) is 0 Å². The zero-order chi connectivity index (χ0) is 26.8. The molecule has 1 aromatic carbocycles. The molecule has 3 N–H and O–H groups in total. The van der Waals surface area contributed by atoms with E-state index in [1.165, 1.54) is 13.8 Å². The van der Waals surface area contributed by atoms with E-state index in [9.17, 15) is 29.7 Å². The smallest absolute Gasteiger partial charge is 0.338 e. The first kappa shape index (κ1) is 24.7. The molecule has 0 aromatic heterocycles. The van der Waals surface area contributed by atoms with Gasteiger partial charge in [0.15, 0.2) is 17.0 Å². The van der Waals surface area contributed by atoms with Crippen LogP contribution in [0.2, 0.25) is 0 Å². The van der Waals surface area contributed by atoms with Crippen molar-refractivity contribution in [3.05, 3.63) is 47.0 Å². The number of carbonyl (C=O) groups excluding carboxylic acids is 3. The molecular formula is C28H32O9. The van der Waals surface area contributed by atoms with Crippen LogP contribution in [0.1, 0.15) is 57.3 Å². The summed E-state index contributed by atoms with van der Waals surface area (Å²) in [5.41, 5.74) is -7.10. The highest BCUT2D eigenvalue weighted by molar-refractivity contribution is 6.05. The van der Waals surface area contributed by atoms with Crippen LogP contribution in [0.25, 0.3) is 0 Å². The van der Waals surface area contributed by atoms with Gasteiger partial charge in [0.2, 0.25) is 0 Å². The van der Waals surface area contributed by atoms with Crippen LogP contribution >= 0.6 is 0 Å². The summed E-state index contributed by atoms with van der Waals surface area (Å²) in [6, 6.07) is 8.26. The lowest BCUT2D eigenvalue weighted by Gasteiger charge is -2.63. The molecule has 198 valence electrons. The molecule has 3 saturated carbocycles. The summed E-state index contributed by atoms with van der Waals surface area (Å²) in [5, 5.41) is 36.0. The van der Waals surface area contributed by atoms with Crippen LogP contribution in [0.15, 0.2) is 41.5 Å². The SMILES string of the molecule is CC(=O)OC12COC1CC(O)C1(C)C(=O)C3(O)C4=C(C)CCC(O)(C(OC(=O)c5ccccc5)C21)C43C. The van der Waals surface area contributed by atoms with Crippen LogP contribution < -0.4 is 0 Å². The molecule has 0 amide bonds. The Bertz CT molecular complexity index is 1260. The standard InChI is InChI=1S/C28H32O9/c1-14-10-11-27(33)21(36-22(31)16-8-6-5-7-9-16)20-24(3,23(32)28(34)19(14)25(27,28)4)17(30)12-18-26(20,13-35-18)37-15(2)29/h5-9,17-18,20-21,30,33-34H,10-13H2,1-4H3. The number of hydrogen-bond donors (Lipinski definition) is 3. The molecule has 9 atom stereocenters. The highest BCUT2D eigenvalue weighted by Crippen LogP contribution is 2.78. The lowest BCUT2D eigenvalue weighted by atomic mass is 9.51. The molecule has 6 rings (SSSR count). The molecule has 0 spiro atoms. The van der Waals surface area contributed by atoms with E-state index in [1.807, 2.05) is 6.92 Å². The molecule has 1 heterocycles. The summed E-state index contributed by atoms with van der Waals surface area (Å²) >= 11 is 0. The fourth-order valence-corrected chi connectivity index (χ4v) is 8.26. The Labute approximate surface area is 214 Å². The zero-order valence-electron chi connectivity index (χ0n) is 21.3. The molecule has 1 saturated heterocycles. The minimum Gasteiger partial charge on any atom is -0.455 e. The molecule has 4 aliphatic carbocycles. The molecule has 4 fully saturated rings. The maximum Gasteiger partial charge on any atom is 0.338 e. The Balaban J connectivity index is 1.61. The zero-order valence-corrected chi connectivity index (χ0v) is 21.3. The number of benzene rings is 1. The van der Waals surface area contributed by atoms with Gasteiger partial charge in [-0.3, -0.25) is 9.59 Å². The van der Waals surface area contributed by atoms with Crippen LogP contribution in [-0.4, -0.2) is 74.8 Å². The fraction of sp³-hybridized carbons (Fsp3) is 0.607. The van der Waals surface area contributed by atoms with E-state index >= 15 is 0 Å². The normalized spacial score (nSPS) is 47.5. The second-order valence-electron chi connectivity index (χ2n) is 11.8. The molecular weight excluding hydrogens is 480 g/mol. The third kappa shape index (κ3) is 2.61. The molecule has 9 heteroatoms. The summed E-state index contributed by atoms with van der Waals surface area (Å²) < 4.78 is 17.7. The van der Waals surface area contributed by atoms with E-state index in [-0.39, 0.29) is 25.0 Å². The predicted octanol–water partition coefficient (Wildman–Crippen LogP) is 1.47. The summed E-state index contributed by atoms with van der Waals surface area (Å²) in [7, 11) is 0. The van der Waals surface area contributed by atoms with Crippen LogP contribution in [0.3, 0.4) is 0 Å². The minimum absolute atomic E-state index is 0.0192. The number of rotatable bonds is 3. The van der Waals surface area contributed by atoms with Crippen molar-refractivity contribution in [2.75, 3.05) is 6.61 Å². The van der Waals surface area contributed by atoms with Gasteiger partial charge in [-0.2, -0.15) is 0 Å². The quantitative estimate of drug-likeness (QED) is 0.406. The van der Waals surface area contributed by atoms with E-state index in [0.29, 0.717) is 12.0 Å². The number of esters is 2. The highest BCUT2D eigenvalue weighted by Gasteiger charge is 2.91. The Morgan fingerprint density at radius 2 is 1.81 bits per heavy atom. The summed E-state index contributed by atoms with van der Waals surface area (Å²) in [6.45, 7) is 6.10. The lowest BCUT2D eigenvalue weighted by Crippen LogP contribution is -2.78. The maximum absolute atomic E-state index is 14.4. The first-order valence-electron chi connectivity index (χ1n) is 12.8. The van der Waals surface area contributed by atoms with Crippen molar-refractivity contribution in [3.63, 3.8) is 0 Å². The number of ether oxygens (including phenoxy) is 3. The third-order valence-corrected chi connectivity index (χ3v) is 10.2. The first-order chi connectivity index (χ1) is 17.3. The van der Waals surface area contributed by atoms with Gasteiger partial charge in [-0.1, -0.05) is 23.8 Å². The Kier molecular flexibility index (Phi) is 4.87. The largest absolute Gasteiger partial charge is 0.455 e. The monoisotopic (exact) mass is 512 g/mol. The van der Waals surface area contributed by atoms with Gasteiger partial charge >= 0.3 is 11.9 Å². The summed E-state index contributed by atoms with van der Waals surface area (Å²) in [4.78, 5) is 40.3. The molecule has 9 nitrogen and oxygen atoms in total. The van der Waals surface area contributed by atoms with Gasteiger partial charge in [-0.25, -0.2) is 4.79 Å². The average Bonchev–Trinajstić information content (AvgIpc) is 3.40. The Morgan fingerprint density at radius 3 is 2.41 bits per heavy atom. The molecule has 1 aromatic rings. The van der Waals surface area contributed by atoms with E-state index in [0.717, 1.165) is 5.57 Å². The van der Waals surface area contributed by atoms with E-state index < -0.39 is 69.6 Å². The van der Waals surface area contributed by atoms with Crippen LogP contribution in [0.4, 0.5) is 0 Å². The van der Waals surface area contributed by atoms with E-state index in [1.54, 1.807) is 37.3 Å². The van der Waals surface area contributed by atoms with Crippen molar-refractivity contribution < 1.29 is 43.9 Å². The lowest BCUT2D eigenvalue weighted by molar-refractivity contribution is -0.338. The molecule has 0 bridgehead atoms. The number of hydrogen-bond acceptors (Lipinski definition) is 9. The number of Topliss-reactive ketones (excluding diaryl/α,β-unsaturated/α-hetero) is 1. The second-order valence-corrected chi connectivity index (χ2v) is 11.8. The van der Waals surface area contributed by atoms with E-state index in [4.69, 9.17) is 14.2 Å². The molecule has 9 unspecified atom stereocenters. The van der Waals surface area contributed by atoms with Crippen molar-refractivity contribution in [3.8, 4) is 0 Å². The number of aliphatic hydroxyl groups excluding tert-OH is 1. The molecule has 1 aliphatic heterocycles. The van der Waals surface area contributed by atoms with Gasteiger partial charge in [0.1, 0.15) is 17.8 Å². The third-order valence-electron chi connectivity index (χ3n) is 10.2. The average molecular weight is 513 g/mol. The fourth-order valence-electron chi connectivity index (χ4n) is 8.26. The molecule has 37 heavy (non-hydrogen) atoms. The van der Waals surface area contributed by atoms with Gasteiger partial charge in [0.25, 0.3) is 0 Å². The summed E-state index contributed by atoms with van der Waals surface area (Å²) in [5.74, 6) is -3.19. The number of ketones is 1. The topological polar surface area (TPSA) is 140 Å². The second kappa shape index (κ2) is 7.28. The maximum atomic E-state index is 14.4. The van der Waals surface area contributed by atoms with Gasteiger partial charge < -0.3 is 29.5 Å². The van der Waals surface area contributed by atoms with Crippen molar-refractivity contribution in [1.82, 2.24) is 0 Å². The molecule has 0 radical (unpaired) electrons. The van der Waals surface area contributed by atoms with Crippen molar-refractivity contribution >= 4 is 17.7 Å². The minimum atomic E-state index is -2.06. The van der Waals surface area contributed by atoms with Crippen molar-refractivity contribution in [1.29, 1.82) is 0 Å². The van der Waals surface area contributed by atoms with Crippen molar-refractivity contribution in [2.24, 2.45) is 16.7 Å². The number of aliphatic hydroxyl groups is 3. The number of carbonyl (C=O) groups is 3. The highest BCUT2D eigenvalue weighted by atomic mass is 16.6.